The SMILES string of the molecule is CC(C)C[C@H](N)C(=O)C(SSC[C@H](N)C(=O)O)[C@H](N)C(=O)O. The lowest BCUT2D eigenvalue weighted by molar-refractivity contribution is -0.140. The second-order valence-electron chi connectivity index (χ2n) is 5.25. The molecule has 8 N–H and O–H groups in total. The van der Waals surface area contributed by atoms with Gasteiger partial charge in [0.25, 0.3) is 0 Å². The average Bonchev–Trinajstić information content (AvgIpc) is 2.40. The number of hydrogen-bond donors (Lipinski definition) is 5. The van der Waals surface area contributed by atoms with Gasteiger partial charge in [-0.25, -0.2) is 0 Å². The minimum absolute atomic E-state index is 0.0234. The average molecular weight is 353 g/mol. The molecule has 0 fully saturated rings. The van der Waals surface area contributed by atoms with Gasteiger partial charge in [0.2, 0.25) is 0 Å². The molecule has 8 nitrogen and oxygen atoms in total. The van der Waals surface area contributed by atoms with Crippen LogP contribution in [0.4, 0.5) is 0 Å². The van der Waals surface area contributed by atoms with Gasteiger partial charge in [0.15, 0.2) is 5.78 Å². The van der Waals surface area contributed by atoms with Crippen LogP contribution < -0.4 is 17.2 Å². The Kier molecular flexibility index (Phi) is 9.69. The van der Waals surface area contributed by atoms with Gasteiger partial charge >= 0.3 is 11.9 Å². The van der Waals surface area contributed by atoms with Crippen LogP contribution in [0, 0.1) is 5.92 Å². The molecule has 0 heterocycles. The van der Waals surface area contributed by atoms with E-state index in [9.17, 15) is 14.4 Å². The summed E-state index contributed by atoms with van der Waals surface area (Å²) < 4.78 is 0. The zero-order valence-corrected chi connectivity index (χ0v) is 14.1. The minimum Gasteiger partial charge on any atom is -0.480 e. The lowest BCUT2D eigenvalue weighted by Gasteiger charge is -2.23. The first-order valence-electron chi connectivity index (χ1n) is 6.62. The molecule has 0 amide bonds. The van der Waals surface area contributed by atoms with Crippen LogP contribution in [0.25, 0.3) is 0 Å². The van der Waals surface area contributed by atoms with Crippen LogP contribution in [0.15, 0.2) is 0 Å². The summed E-state index contributed by atoms with van der Waals surface area (Å²) in [5.74, 6) is -2.74. The summed E-state index contributed by atoms with van der Waals surface area (Å²) in [4.78, 5) is 33.9. The van der Waals surface area contributed by atoms with E-state index < -0.39 is 41.1 Å². The Morgan fingerprint density at radius 1 is 1.00 bits per heavy atom. The molecule has 0 radical (unpaired) electrons. The number of nitrogens with two attached hydrogens (primary N) is 3. The predicted octanol–water partition coefficient (Wildman–Crippen LogP) is -0.497. The number of ketones is 1. The molecule has 0 saturated carbocycles. The van der Waals surface area contributed by atoms with E-state index in [2.05, 4.69) is 0 Å². The first kappa shape index (κ1) is 21.2. The zero-order valence-electron chi connectivity index (χ0n) is 12.5. The van der Waals surface area contributed by atoms with Crippen molar-refractivity contribution in [1.29, 1.82) is 0 Å². The van der Waals surface area contributed by atoms with Gasteiger partial charge in [-0.3, -0.25) is 14.4 Å². The molecule has 0 saturated heterocycles. The molecule has 0 aromatic carbocycles. The van der Waals surface area contributed by atoms with Gasteiger partial charge in [0.05, 0.1) is 6.04 Å². The highest BCUT2D eigenvalue weighted by Gasteiger charge is 2.34. The molecular formula is C12H23N3O5S2. The van der Waals surface area contributed by atoms with Gasteiger partial charge in [-0.1, -0.05) is 35.4 Å². The Hall–Kier alpha value is -0.810. The Bertz CT molecular complexity index is 408. The molecule has 0 rings (SSSR count). The van der Waals surface area contributed by atoms with Gasteiger partial charge < -0.3 is 27.4 Å². The van der Waals surface area contributed by atoms with Crippen LogP contribution in [0.3, 0.4) is 0 Å². The van der Waals surface area contributed by atoms with E-state index in [0.29, 0.717) is 6.42 Å². The van der Waals surface area contributed by atoms with Crippen LogP contribution in [0.1, 0.15) is 20.3 Å². The summed E-state index contributed by atoms with van der Waals surface area (Å²) >= 11 is 0. The standard InChI is InChI=1S/C12H23N3O5S2/c1-5(2)3-6(13)9(16)10(8(15)12(19)20)22-21-4-7(14)11(17)18/h5-8,10H,3-4,13-15H2,1-2H3,(H,17,18)(H,19,20)/t6-,7-,8-,10?/m0/s1. The van der Waals surface area contributed by atoms with Crippen molar-refractivity contribution in [3.8, 4) is 0 Å². The molecule has 0 aliphatic rings. The first-order valence-corrected chi connectivity index (χ1v) is 9.00. The minimum atomic E-state index is -1.41. The second-order valence-corrected chi connectivity index (χ2v) is 7.80. The maximum absolute atomic E-state index is 12.3. The van der Waals surface area contributed by atoms with E-state index in [-0.39, 0.29) is 11.7 Å². The highest BCUT2D eigenvalue weighted by atomic mass is 33.1. The van der Waals surface area contributed by atoms with Crippen molar-refractivity contribution in [3.05, 3.63) is 0 Å². The van der Waals surface area contributed by atoms with Crippen LogP contribution in [0.5, 0.6) is 0 Å². The summed E-state index contributed by atoms with van der Waals surface area (Å²) in [6, 6.07) is -3.32. The third kappa shape index (κ3) is 7.45. The summed E-state index contributed by atoms with van der Waals surface area (Å²) in [6.45, 7) is 3.79. The molecule has 0 aromatic rings. The number of carbonyl (C=O) groups is 3. The Labute approximate surface area is 136 Å². The Morgan fingerprint density at radius 3 is 1.95 bits per heavy atom. The van der Waals surface area contributed by atoms with Crippen LogP contribution in [-0.4, -0.2) is 57.1 Å². The summed E-state index contributed by atoms with van der Waals surface area (Å²) in [7, 11) is 1.90. The summed E-state index contributed by atoms with van der Waals surface area (Å²) in [5, 5.41) is 16.6. The topological polar surface area (TPSA) is 170 Å². The predicted molar refractivity (Wildman–Crippen MR) is 87.5 cm³/mol. The van der Waals surface area contributed by atoms with Gasteiger partial charge in [-0.15, -0.1) is 0 Å². The van der Waals surface area contributed by atoms with E-state index in [0.717, 1.165) is 21.6 Å². The molecule has 0 aromatic heterocycles. The quantitative estimate of drug-likeness (QED) is 0.305. The van der Waals surface area contributed by atoms with E-state index in [1.54, 1.807) is 0 Å². The third-order valence-electron chi connectivity index (χ3n) is 2.72. The Balaban J connectivity index is 4.79. The fourth-order valence-electron chi connectivity index (χ4n) is 1.51. The zero-order chi connectivity index (χ0) is 17.4. The highest BCUT2D eigenvalue weighted by Crippen LogP contribution is 2.30. The molecule has 0 aliphatic heterocycles. The third-order valence-corrected chi connectivity index (χ3v) is 5.52. The lowest BCUT2D eigenvalue weighted by Crippen LogP contribution is -2.50. The molecule has 128 valence electrons. The molecule has 10 heteroatoms. The maximum Gasteiger partial charge on any atom is 0.322 e. The van der Waals surface area contributed by atoms with Crippen molar-refractivity contribution < 1.29 is 24.6 Å². The highest BCUT2D eigenvalue weighted by molar-refractivity contribution is 8.77. The molecule has 0 aliphatic carbocycles. The Morgan fingerprint density at radius 2 is 1.55 bits per heavy atom. The van der Waals surface area contributed by atoms with Crippen LogP contribution in [-0.2, 0) is 14.4 Å². The summed E-state index contributed by atoms with van der Waals surface area (Å²) in [6.07, 6.45) is 0.418. The number of hydrogen-bond acceptors (Lipinski definition) is 8. The van der Waals surface area contributed by atoms with Gasteiger partial charge in [0.1, 0.15) is 17.3 Å². The van der Waals surface area contributed by atoms with E-state index in [4.69, 9.17) is 27.4 Å². The maximum atomic E-state index is 12.3. The van der Waals surface area contributed by atoms with Crippen molar-refractivity contribution in [2.24, 2.45) is 23.1 Å². The van der Waals surface area contributed by atoms with Crippen molar-refractivity contribution in [3.63, 3.8) is 0 Å². The van der Waals surface area contributed by atoms with Gasteiger partial charge in [-0.05, 0) is 12.3 Å². The fraction of sp³-hybridized carbons (Fsp3) is 0.750. The van der Waals surface area contributed by atoms with E-state index in [1.165, 1.54) is 0 Å². The number of carboxylic acids is 2. The van der Waals surface area contributed by atoms with Crippen molar-refractivity contribution in [2.75, 3.05) is 5.75 Å². The second kappa shape index (κ2) is 10.1. The van der Waals surface area contributed by atoms with Crippen molar-refractivity contribution in [1.82, 2.24) is 0 Å². The smallest absolute Gasteiger partial charge is 0.322 e. The molecule has 0 bridgehead atoms. The van der Waals surface area contributed by atoms with Crippen molar-refractivity contribution >= 4 is 39.3 Å². The van der Waals surface area contributed by atoms with E-state index >= 15 is 0 Å². The molecule has 0 spiro atoms. The molecule has 1 unspecified atom stereocenters. The number of carboxylic acid groups (broad SMARTS) is 2. The van der Waals surface area contributed by atoms with Crippen LogP contribution in [0.2, 0.25) is 0 Å². The largest absolute Gasteiger partial charge is 0.480 e. The fourth-order valence-corrected chi connectivity index (χ4v) is 4.29. The molecule has 4 atom stereocenters. The van der Waals surface area contributed by atoms with Crippen molar-refractivity contribution in [2.45, 2.75) is 43.6 Å². The van der Waals surface area contributed by atoms with E-state index in [1.807, 2.05) is 13.8 Å². The number of Topliss-reactive ketones (excluding diaryl/α,β-unsaturated/α-hetero) is 1. The molecular weight excluding hydrogens is 330 g/mol. The lowest BCUT2D eigenvalue weighted by atomic mass is 9.97. The number of rotatable bonds is 11. The summed E-state index contributed by atoms with van der Waals surface area (Å²) in [5.41, 5.74) is 16.7. The van der Waals surface area contributed by atoms with Crippen LogP contribution >= 0.6 is 21.6 Å². The normalized spacial score (nSPS) is 16.8. The van der Waals surface area contributed by atoms with Gasteiger partial charge in [0, 0.05) is 5.75 Å². The van der Waals surface area contributed by atoms with Gasteiger partial charge in [-0.2, -0.15) is 0 Å². The number of carbonyl (C=O) groups excluding carboxylic acids is 1. The number of aliphatic carboxylic acids is 2. The molecule has 22 heavy (non-hydrogen) atoms. The first-order chi connectivity index (χ1) is 10.1. The monoisotopic (exact) mass is 353 g/mol.